The second-order valence-corrected chi connectivity index (χ2v) is 3.89. The Labute approximate surface area is 79.5 Å². The second kappa shape index (κ2) is 3.25. The number of hydrogen-bond acceptors (Lipinski definition) is 1. The van der Waals surface area contributed by atoms with E-state index in [4.69, 9.17) is 0 Å². The monoisotopic (exact) mass is 173 g/mol. The van der Waals surface area contributed by atoms with Gasteiger partial charge >= 0.3 is 0 Å². The molecule has 0 amide bonds. The lowest BCUT2D eigenvalue weighted by Gasteiger charge is -2.01. The van der Waals surface area contributed by atoms with Crippen molar-refractivity contribution in [3.05, 3.63) is 41.6 Å². The second-order valence-electron chi connectivity index (χ2n) is 3.89. The zero-order valence-electron chi connectivity index (χ0n) is 8.17. The third-order valence-electron chi connectivity index (χ3n) is 2.23. The Morgan fingerprint density at radius 2 is 2.08 bits per heavy atom. The molecule has 1 aliphatic rings. The molecule has 13 heavy (non-hydrogen) atoms. The molecule has 1 nitrogen and oxygen atoms in total. The predicted octanol–water partition coefficient (Wildman–Crippen LogP) is 3.19. The van der Waals surface area contributed by atoms with Crippen molar-refractivity contribution >= 4 is 5.69 Å². The molecular formula is C12H15N. The number of rotatable bonds is 1. The summed E-state index contributed by atoms with van der Waals surface area (Å²) in [7, 11) is 0. The van der Waals surface area contributed by atoms with E-state index >= 15 is 0 Å². The van der Waals surface area contributed by atoms with Gasteiger partial charge in [-0.25, -0.2) is 0 Å². The highest BCUT2D eigenvalue weighted by Gasteiger charge is 2.12. The molecule has 1 heterocycles. The Balaban J connectivity index is 2.23. The Bertz CT molecular complexity index is 310. The molecule has 1 aliphatic heterocycles. The molecular weight excluding hydrogens is 158 g/mol. The number of fused-ring (bicyclic) bond motifs is 1. The van der Waals surface area contributed by atoms with E-state index in [1.807, 2.05) is 0 Å². The first-order valence-electron chi connectivity index (χ1n) is 4.81. The first kappa shape index (κ1) is 8.36. The van der Waals surface area contributed by atoms with Gasteiger partial charge < -0.3 is 5.32 Å². The van der Waals surface area contributed by atoms with E-state index in [2.05, 4.69) is 49.5 Å². The van der Waals surface area contributed by atoms with Crippen molar-refractivity contribution in [2.24, 2.45) is 5.92 Å². The maximum atomic E-state index is 3.43. The number of nitrogens with one attached hydrogen (secondary N) is 1. The molecule has 0 spiro atoms. The summed E-state index contributed by atoms with van der Waals surface area (Å²) in [6.07, 6.45) is 3.36. The number of hydrogen-bond donors (Lipinski definition) is 1. The summed E-state index contributed by atoms with van der Waals surface area (Å²) in [5.74, 6) is 0.622. The lowest BCUT2D eigenvalue weighted by molar-refractivity contribution is 0.820. The fourth-order valence-electron chi connectivity index (χ4n) is 1.72. The van der Waals surface area contributed by atoms with E-state index < -0.39 is 0 Å². The minimum Gasteiger partial charge on any atom is -0.359 e. The van der Waals surface area contributed by atoms with Crippen LogP contribution in [0.1, 0.15) is 19.4 Å². The van der Waals surface area contributed by atoms with Gasteiger partial charge in [-0.2, -0.15) is 0 Å². The average molecular weight is 173 g/mol. The number of para-hydroxylation sites is 1. The molecule has 1 aromatic carbocycles. The Morgan fingerprint density at radius 3 is 2.77 bits per heavy atom. The smallest absolute Gasteiger partial charge is 0.0418 e. The normalized spacial score (nSPS) is 17.6. The minimum absolute atomic E-state index is 0.622. The molecule has 68 valence electrons. The zero-order chi connectivity index (χ0) is 9.26. The quantitative estimate of drug-likeness (QED) is 0.687. The fraction of sp³-hybridized carbons (Fsp3) is 0.333. The van der Waals surface area contributed by atoms with Crippen molar-refractivity contribution in [3.8, 4) is 0 Å². The summed E-state index contributed by atoms with van der Waals surface area (Å²) in [6.45, 7) is 4.41. The molecule has 2 rings (SSSR count). The van der Waals surface area contributed by atoms with Crippen molar-refractivity contribution in [1.29, 1.82) is 0 Å². The van der Waals surface area contributed by atoms with Gasteiger partial charge in [0.2, 0.25) is 0 Å². The Kier molecular flexibility index (Phi) is 2.09. The van der Waals surface area contributed by atoms with Crippen LogP contribution in [0.3, 0.4) is 0 Å². The van der Waals surface area contributed by atoms with E-state index in [0.717, 1.165) is 6.42 Å². The molecule has 0 saturated carbocycles. The first-order chi connectivity index (χ1) is 6.25. The molecule has 1 N–H and O–H groups in total. The number of allylic oxidation sites excluding steroid dienone is 2. The van der Waals surface area contributed by atoms with Crippen LogP contribution in [0.25, 0.3) is 0 Å². The average Bonchev–Trinajstić information content (AvgIpc) is 2.44. The summed E-state index contributed by atoms with van der Waals surface area (Å²) < 4.78 is 0. The van der Waals surface area contributed by atoms with Crippen molar-refractivity contribution in [1.82, 2.24) is 0 Å². The van der Waals surface area contributed by atoms with Crippen molar-refractivity contribution in [3.63, 3.8) is 0 Å². The molecule has 1 heteroatoms. The summed E-state index contributed by atoms with van der Waals surface area (Å²) >= 11 is 0. The van der Waals surface area contributed by atoms with Gasteiger partial charge in [-0.05, 0) is 17.5 Å². The highest BCUT2D eigenvalue weighted by molar-refractivity contribution is 5.61. The van der Waals surface area contributed by atoms with Crippen molar-refractivity contribution < 1.29 is 0 Å². The molecule has 0 bridgehead atoms. The van der Waals surface area contributed by atoms with Gasteiger partial charge in [0.15, 0.2) is 0 Å². The van der Waals surface area contributed by atoms with Crippen LogP contribution in [0.5, 0.6) is 0 Å². The summed E-state index contributed by atoms with van der Waals surface area (Å²) in [4.78, 5) is 0. The maximum Gasteiger partial charge on any atom is 0.0418 e. The van der Waals surface area contributed by atoms with Gasteiger partial charge in [-0.15, -0.1) is 0 Å². The Morgan fingerprint density at radius 1 is 1.31 bits per heavy atom. The largest absolute Gasteiger partial charge is 0.359 e. The van der Waals surface area contributed by atoms with Crippen LogP contribution in [0, 0.1) is 5.92 Å². The Hall–Kier alpha value is -1.24. The number of anilines is 1. The maximum absolute atomic E-state index is 3.43. The van der Waals surface area contributed by atoms with E-state index in [0.29, 0.717) is 5.92 Å². The van der Waals surface area contributed by atoms with Gasteiger partial charge in [-0.3, -0.25) is 0 Å². The number of benzene rings is 1. The first-order valence-corrected chi connectivity index (χ1v) is 4.81. The third-order valence-corrected chi connectivity index (χ3v) is 2.23. The molecule has 0 atom stereocenters. The molecule has 0 aromatic heterocycles. The van der Waals surface area contributed by atoms with Gasteiger partial charge in [0.1, 0.15) is 0 Å². The van der Waals surface area contributed by atoms with Crippen LogP contribution < -0.4 is 5.32 Å². The third kappa shape index (κ3) is 1.74. The fourth-order valence-corrected chi connectivity index (χ4v) is 1.72. The minimum atomic E-state index is 0.622. The van der Waals surface area contributed by atoms with Crippen LogP contribution in [-0.4, -0.2) is 0 Å². The van der Waals surface area contributed by atoms with Crippen molar-refractivity contribution in [2.75, 3.05) is 5.32 Å². The molecule has 0 fully saturated rings. The molecule has 0 unspecified atom stereocenters. The van der Waals surface area contributed by atoms with Crippen LogP contribution >= 0.6 is 0 Å². The standard InChI is InChI=1S/C12H15N/c1-9(2)7-11-8-10-5-3-4-6-12(10)13-11/h3-7,9,13H,8H2,1-2H3/b11-7+. The molecule has 0 aliphatic carbocycles. The summed E-state index contributed by atoms with van der Waals surface area (Å²) in [5.41, 5.74) is 4.03. The van der Waals surface area contributed by atoms with E-state index in [9.17, 15) is 0 Å². The van der Waals surface area contributed by atoms with E-state index in [1.54, 1.807) is 0 Å². The molecule has 0 saturated heterocycles. The summed E-state index contributed by atoms with van der Waals surface area (Å²) in [5, 5.41) is 3.43. The van der Waals surface area contributed by atoms with E-state index in [-0.39, 0.29) is 0 Å². The zero-order valence-corrected chi connectivity index (χ0v) is 8.17. The van der Waals surface area contributed by atoms with Crippen LogP contribution in [-0.2, 0) is 6.42 Å². The highest BCUT2D eigenvalue weighted by Crippen LogP contribution is 2.27. The lowest BCUT2D eigenvalue weighted by Crippen LogP contribution is -1.94. The van der Waals surface area contributed by atoms with Gasteiger partial charge in [0, 0.05) is 17.8 Å². The van der Waals surface area contributed by atoms with Crippen molar-refractivity contribution in [2.45, 2.75) is 20.3 Å². The van der Waals surface area contributed by atoms with Crippen LogP contribution in [0.15, 0.2) is 36.0 Å². The predicted molar refractivity (Wildman–Crippen MR) is 56.7 cm³/mol. The molecule has 0 radical (unpaired) electrons. The van der Waals surface area contributed by atoms with Gasteiger partial charge in [-0.1, -0.05) is 38.1 Å². The molecule has 1 aromatic rings. The SMILES string of the molecule is CC(C)/C=C1\Cc2ccccc2N1. The van der Waals surface area contributed by atoms with Crippen LogP contribution in [0.4, 0.5) is 5.69 Å². The van der Waals surface area contributed by atoms with E-state index in [1.165, 1.54) is 16.9 Å². The van der Waals surface area contributed by atoms with Gasteiger partial charge in [0.05, 0.1) is 0 Å². The lowest BCUT2D eigenvalue weighted by atomic mass is 10.1. The summed E-state index contributed by atoms with van der Waals surface area (Å²) in [6, 6.07) is 8.49. The topological polar surface area (TPSA) is 12.0 Å². The highest BCUT2D eigenvalue weighted by atomic mass is 14.9. The van der Waals surface area contributed by atoms with Crippen LogP contribution in [0.2, 0.25) is 0 Å². The van der Waals surface area contributed by atoms with Gasteiger partial charge in [0.25, 0.3) is 0 Å².